The van der Waals surface area contributed by atoms with Crippen LogP contribution in [-0.2, 0) is 0 Å². The largest absolute Gasteiger partial charge is 0.348 e. The lowest BCUT2D eigenvalue weighted by Crippen LogP contribution is -2.19. The van der Waals surface area contributed by atoms with Gasteiger partial charge < -0.3 is 10.2 Å². The number of anilines is 1. The first-order chi connectivity index (χ1) is 8.24. The molecule has 1 fully saturated rings. The summed E-state index contributed by atoms with van der Waals surface area (Å²) in [5.74, 6) is 0.869. The summed E-state index contributed by atoms with van der Waals surface area (Å²) in [6, 6.07) is 0.427. The number of thiazole rings is 1. The number of nitrogens with one attached hydrogen (secondary N) is 1. The lowest BCUT2D eigenvalue weighted by atomic mass is 10.1. The van der Waals surface area contributed by atoms with E-state index in [4.69, 9.17) is 0 Å². The number of aromatic nitrogens is 1. The standard InChI is InChI=1S/C13H23N3S/c1-4-11-6-7-16(9-11)13-15-8-12(17-13)10(3)14-5-2/h8,10-11,14H,4-7,9H2,1-3H3. The van der Waals surface area contributed by atoms with Crippen LogP contribution < -0.4 is 10.2 Å². The maximum Gasteiger partial charge on any atom is 0.185 e. The molecule has 0 spiro atoms. The highest BCUT2D eigenvalue weighted by molar-refractivity contribution is 7.15. The van der Waals surface area contributed by atoms with Crippen LogP contribution in [0.2, 0.25) is 0 Å². The first kappa shape index (κ1) is 12.8. The van der Waals surface area contributed by atoms with Gasteiger partial charge in [0, 0.05) is 30.2 Å². The van der Waals surface area contributed by atoms with Gasteiger partial charge in [0.05, 0.1) is 0 Å². The van der Waals surface area contributed by atoms with Crippen LogP contribution >= 0.6 is 11.3 Å². The van der Waals surface area contributed by atoms with Crippen molar-refractivity contribution in [2.24, 2.45) is 5.92 Å². The van der Waals surface area contributed by atoms with Gasteiger partial charge >= 0.3 is 0 Å². The minimum atomic E-state index is 0.427. The fourth-order valence-electron chi connectivity index (χ4n) is 2.37. The van der Waals surface area contributed by atoms with Crippen LogP contribution in [0.1, 0.15) is 44.5 Å². The molecule has 2 rings (SSSR count). The predicted molar refractivity (Wildman–Crippen MR) is 74.8 cm³/mol. The molecule has 0 saturated carbocycles. The maximum atomic E-state index is 4.57. The van der Waals surface area contributed by atoms with Crippen molar-refractivity contribution in [2.45, 2.75) is 39.7 Å². The Labute approximate surface area is 108 Å². The second-order valence-corrected chi connectivity index (χ2v) is 5.87. The molecule has 0 amide bonds. The van der Waals surface area contributed by atoms with Crippen LogP contribution in [0.4, 0.5) is 5.13 Å². The Kier molecular flexibility index (Phi) is 4.40. The van der Waals surface area contributed by atoms with Crippen molar-refractivity contribution in [3.8, 4) is 0 Å². The minimum Gasteiger partial charge on any atom is -0.348 e. The van der Waals surface area contributed by atoms with E-state index in [2.05, 4.69) is 36.0 Å². The molecule has 1 saturated heterocycles. The molecular weight excluding hydrogens is 230 g/mol. The summed E-state index contributed by atoms with van der Waals surface area (Å²) < 4.78 is 0. The molecule has 4 heteroatoms. The molecule has 17 heavy (non-hydrogen) atoms. The van der Waals surface area contributed by atoms with E-state index in [1.807, 2.05) is 17.5 Å². The summed E-state index contributed by atoms with van der Waals surface area (Å²) in [7, 11) is 0. The fraction of sp³-hybridized carbons (Fsp3) is 0.769. The topological polar surface area (TPSA) is 28.2 Å². The molecule has 96 valence electrons. The number of nitrogens with zero attached hydrogens (tertiary/aromatic N) is 2. The molecule has 1 N–H and O–H groups in total. The second-order valence-electron chi connectivity index (χ2n) is 4.83. The van der Waals surface area contributed by atoms with Crippen LogP contribution in [0.25, 0.3) is 0 Å². The summed E-state index contributed by atoms with van der Waals surface area (Å²) in [5.41, 5.74) is 0. The van der Waals surface area contributed by atoms with Gasteiger partial charge in [-0.05, 0) is 25.8 Å². The third kappa shape index (κ3) is 2.99. The molecule has 2 atom stereocenters. The monoisotopic (exact) mass is 253 g/mol. The Morgan fingerprint density at radius 3 is 3.06 bits per heavy atom. The van der Waals surface area contributed by atoms with Gasteiger partial charge in [-0.3, -0.25) is 0 Å². The van der Waals surface area contributed by atoms with Gasteiger partial charge in [0.1, 0.15) is 0 Å². The van der Waals surface area contributed by atoms with Gasteiger partial charge in [0.2, 0.25) is 0 Å². The van der Waals surface area contributed by atoms with E-state index in [1.165, 1.54) is 35.9 Å². The van der Waals surface area contributed by atoms with E-state index in [-0.39, 0.29) is 0 Å². The van der Waals surface area contributed by atoms with Crippen LogP contribution in [0, 0.1) is 5.92 Å². The maximum absolute atomic E-state index is 4.57. The van der Waals surface area contributed by atoms with Crippen molar-refractivity contribution in [3.63, 3.8) is 0 Å². The van der Waals surface area contributed by atoms with E-state index in [1.54, 1.807) is 0 Å². The number of rotatable bonds is 5. The minimum absolute atomic E-state index is 0.427. The zero-order valence-corrected chi connectivity index (χ0v) is 11.9. The smallest absolute Gasteiger partial charge is 0.185 e. The van der Waals surface area contributed by atoms with Crippen molar-refractivity contribution < 1.29 is 0 Å². The van der Waals surface area contributed by atoms with Crippen molar-refractivity contribution in [1.82, 2.24) is 10.3 Å². The normalized spacial score (nSPS) is 22.1. The van der Waals surface area contributed by atoms with Gasteiger partial charge in [0.15, 0.2) is 5.13 Å². The molecule has 2 heterocycles. The molecule has 0 aromatic carbocycles. The zero-order valence-electron chi connectivity index (χ0n) is 11.1. The van der Waals surface area contributed by atoms with E-state index >= 15 is 0 Å². The third-order valence-corrected chi connectivity index (χ3v) is 4.82. The van der Waals surface area contributed by atoms with Gasteiger partial charge in [-0.1, -0.05) is 20.3 Å². The molecule has 1 aromatic rings. The first-order valence-electron chi connectivity index (χ1n) is 6.68. The molecule has 1 aromatic heterocycles. The molecule has 3 nitrogen and oxygen atoms in total. The van der Waals surface area contributed by atoms with Crippen molar-refractivity contribution in [1.29, 1.82) is 0 Å². The lowest BCUT2D eigenvalue weighted by molar-refractivity contribution is 0.569. The second kappa shape index (κ2) is 5.83. The van der Waals surface area contributed by atoms with Gasteiger partial charge in [-0.2, -0.15) is 0 Å². The van der Waals surface area contributed by atoms with Crippen molar-refractivity contribution in [3.05, 3.63) is 11.1 Å². The Morgan fingerprint density at radius 1 is 1.59 bits per heavy atom. The SMILES string of the molecule is CCNC(C)c1cnc(N2CCC(CC)C2)s1. The average molecular weight is 253 g/mol. The fourth-order valence-corrected chi connectivity index (χ4v) is 3.35. The highest BCUT2D eigenvalue weighted by Crippen LogP contribution is 2.31. The summed E-state index contributed by atoms with van der Waals surface area (Å²) in [6.07, 6.45) is 4.66. The predicted octanol–water partition coefficient (Wildman–Crippen LogP) is 3.05. The van der Waals surface area contributed by atoms with E-state index in [0.29, 0.717) is 6.04 Å². The molecule has 1 aliphatic rings. The Hall–Kier alpha value is -0.610. The summed E-state index contributed by atoms with van der Waals surface area (Å²) in [4.78, 5) is 8.37. The van der Waals surface area contributed by atoms with E-state index in [0.717, 1.165) is 12.5 Å². The molecule has 0 bridgehead atoms. The summed E-state index contributed by atoms with van der Waals surface area (Å²) in [6.45, 7) is 10.0. The highest BCUT2D eigenvalue weighted by atomic mass is 32.1. The zero-order chi connectivity index (χ0) is 12.3. The molecule has 0 aliphatic carbocycles. The van der Waals surface area contributed by atoms with Gasteiger partial charge in [-0.25, -0.2) is 4.98 Å². The number of hydrogen-bond acceptors (Lipinski definition) is 4. The lowest BCUT2D eigenvalue weighted by Gasteiger charge is -2.14. The average Bonchev–Trinajstić information content (AvgIpc) is 2.98. The van der Waals surface area contributed by atoms with Crippen LogP contribution in [0.5, 0.6) is 0 Å². The Balaban J connectivity index is 1.98. The Bertz CT molecular complexity index is 350. The summed E-state index contributed by atoms with van der Waals surface area (Å²) >= 11 is 1.84. The van der Waals surface area contributed by atoms with E-state index < -0.39 is 0 Å². The van der Waals surface area contributed by atoms with E-state index in [9.17, 15) is 0 Å². The molecule has 1 aliphatic heterocycles. The Morgan fingerprint density at radius 2 is 2.41 bits per heavy atom. The highest BCUT2D eigenvalue weighted by Gasteiger charge is 2.23. The van der Waals surface area contributed by atoms with Crippen LogP contribution in [0.3, 0.4) is 0 Å². The van der Waals surface area contributed by atoms with Gasteiger partial charge in [-0.15, -0.1) is 11.3 Å². The third-order valence-electron chi connectivity index (χ3n) is 3.58. The first-order valence-corrected chi connectivity index (χ1v) is 7.50. The van der Waals surface area contributed by atoms with Crippen molar-refractivity contribution >= 4 is 16.5 Å². The van der Waals surface area contributed by atoms with Crippen LogP contribution in [0.15, 0.2) is 6.20 Å². The molecule has 2 unspecified atom stereocenters. The van der Waals surface area contributed by atoms with Gasteiger partial charge in [0.25, 0.3) is 0 Å². The number of hydrogen-bond donors (Lipinski definition) is 1. The summed E-state index contributed by atoms with van der Waals surface area (Å²) in [5, 5.41) is 4.65. The van der Waals surface area contributed by atoms with Crippen molar-refractivity contribution in [2.75, 3.05) is 24.5 Å². The molecule has 0 radical (unpaired) electrons. The quantitative estimate of drug-likeness (QED) is 0.874. The van der Waals surface area contributed by atoms with Crippen LogP contribution in [-0.4, -0.2) is 24.6 Å². The molecular formula is C13H23N3S.